The summed E-state index contributed by atoms with van der Waals surface area (Å²) in [5, 5.41) is 3.38. The average molecular weight is 234 g/mol. The fourth-order valence-corrected chi connectivity index (χ4v) is 3.19. The molecule has 2 atom stereocenters. The number of nitrogens with zero attached hydrogens (tertiary/aromatic N) is 1. The van der Waals surface area contributed by atoms with E-state index in [1.54, 1.807) is 6.07 Å². The molecule has 0 bridgehead atoms. The Bertz CT molecular complexity index is 419. The molecule has 0 spiro atoms. The van der Waals surface area contributed by atoms with Gasteiger partial charge in [-0.3, -0.25) is 0 Å². The molecule has 2 aliphatic rings. The third kappa shape index (κ3) is 2.04. The topological polar surface area (TPSA) is 15.3 Å². The van der Waals surface area contributed by atoms with Crippen LogP contribution >= 0.6 is 0 Å². The fourth-order valence-electron chi connectivity index (χ4n) is 3.19. The number of hydrogen-bond donors (Lipinski definition) is 1. The normalized spacial score (nSPS) is 28.1. The Morgan fingerprint density at radius 1 is 1.47 bits per heavy atom. The van der Waals surface area contributed by atoms with Crippen LogP contribution in [-0.4, -0.2) is 31.1 Å². The zero-order chi connectivity index (χ0) is 11.8. The number of hydrogen-bond acceptors (Lipinski definition) is 2. The maximum atomic E-state index is 13.3. The first kappa shape index (κ1) is 11.0. The molecule has 1 saturated heterocycles. The minimum absolute atomic E-state index is 0.114. The van der Waals surface area contributed by atoms with Gasteiger partial charge in [0.15, 0.2) is 0 Å². The fraction of sp³-hybridized carbons (Fsp3) is 0.571. The van der Waals surface area contributed by atoms with E-state index in [1.807, 2.05) is 6.07 Å². The Morgan fingerprint density at radius 3 is 3.12 bits per heavy atom. The van der Waals surface area contributed by atoms with Gasteiger partial charge in [0.05, 0.1) is 0 Å². The third-order valence-corrected chi connectivity index (χ3v) is 4.22. The lowest BCUT2D eigenvalue weighted by atomic mass is 9.93. The van der Waals surface area contributed by atoms with Gasteiger partial charge in [-0.05, 0) is 56.6 Å². The molecule has 1 aromatic carbocycles. The van der Waals surface area contributed by atoms with Gasteiger partial charge < -0.3 is 10.2 Å². The Kier molecular flexibility index (Phi) is 2.79. The summed E-state index contributed by atoms with van der Waals surface area (Å²) < 4.78 is 13.3. The third-order valence-electron chi connectivity index (χ3n) is 4.22. The van der Waals surface area contributed by atoms with Crippen LogP contribution in [0, 0.1) is 5.82 Å². The Morgan fingerprint density at radius 2 is 2.35 bits per heavy atom. The molecule has 2 heterocycles. The molecule has 0 amide bonds. The largest absolute Gasteiger partial charge is 0.384 e. The second kappa shape index (κ2) is 4.30. The number of likely N-dealkylation sites (tertiary alicyclic amines) is 1. The molecule has 1 fully saturated rings. The van der Waals surface area contributed by atoms with Gasteiger partial charge in [-0.15, -0.1) is 0 Å². The van der Waals surface area contributed by atoms with Gasteiger partial charge in [-0.2, -0.15) is 0 Å². The Balaban J connectivity index is 1.76. The van der Waals surface area contributed by atoms with E-state index < -0.39 is 0 Å². The number of halogens is 1. The van der Waals surface area contributed by atoms with Crippen LogP contribution in [0.2, 0.25) is 0 Å². The van der Waals surface area contributed by atoms with E-state index in [1.165, 1.54) is 31.0 Å². The number of fused-ring (bicyclic) bond motifs is 1. The summed E-state index contributed by atoms with van der Waals surface area (Å²) in [7, 11) is 2.20. The molecular weight excluding hydrogens is 215 g/mol. The minimum Gasteiger partial charge on any atom is -0.384 e. The lowest BCUT2D eigenvalue weighted by Crippen LogP contribution is -2.27. The van der Waals surface area contributed by atoms with Crippen LogP contribution in [0.25, 0.3) is 0 Å². The zero-order valence-corrected chi connectivity index (χ0v) is 10.2. The molecule has 92 valence electrons. The maximum Gasteiger partial charge on any atom is 0.123 e. The highest BCUT2D eigenvalue weighted by Gasteiger charge is 2.29. The quantitative estimate of drug-likeness (QED) is 0.846. The summed E-state index contributed by atoms with van der Waals surface area (Å²) in [6.45, 7) is 2.17. The van der Waals surface area contributed by atoms with E-state index in [0.29, 0.717) is 12.0 Å². The highest BCUT2D eigenvalue weighted by Crippen LogP contribution is 2.36. The van der Waals surface area contributed by atoms with Crippen molar-refractivity contribution in [3.8, 4) is 0 Å². The van der Waals surface area contributed by atoms with Crippen molar-refractivity contribution in [2.75, 3.05) is 25.5 Å². The molecular formula is C14H19FN2. The summed E-state index contributed by atoms with van der Waals surface area (Å²) in [5.41, 5.74) is 2.29. The summed E-state index contributed by atoms with van der Waals surface area (Å²) in [5.74, 6) is 0.364. The van der Waals surface area contributed by atoms with Crippen molar-refractivity contribution in [1.29, 1.82) is 0 Å². The number of benzene rings is 1. The monoisotopic (exact) mass is 234 g/mol. The van der Waals surface area contributed by atoms with Crippen LogP contribution in [0.5, 0.6) is 0 Å². The first-order valence-corrected chi connectivity index (χ1v) is 6.47. The lowest BCUT2D eigenvalue weighted by molar-refractivity contribution is 0.285. The molecule has 1 aromatic rings. The molecule has 2 aliphatic heterocycles. The molecule has 3 heteroatoms. The van der Waals surface area contributed by atoms with Crippen LogP contribution in [0.3, 0.4) is 0 Å². The SMILES string of the molecule is CN1CCC[C@@H]1CC1CNc2ccc(F)cc21. The van der Waals surface area contributed by atoms with E-state index >= 15 is 0 Å². The van der Waals surface area contributed by atoms with Crippen molar-refractivity contribution in [3.63, 3.8) is 0 Å². The summed E-state index contributed by atoms with van der Waals surface area (Å²) in [6.07, 6.45) is 3.74. The number of anilines is 1. The van der Waals surface area contributed by atoms with Gasteiger partial charge in [0.2, 0.25) is 0 Å². The molecule has 0 radical (unpaired) electrons. The highest BCUT2D eigenvalue weighted by atomic mass is 19.1. The Labute approximate surface area is 102 Å². The average Bonchev–Trinajstić information content (AvgIpc) is 2.88. The van der Waals surface area contributed by atoms with Crippen LogP contribution < -0.4 is 5.32 Å². The van der Waals surface area contributed by atoms with Crippen molar-refractivity contribution in [2.45, 2.75) is 31.2 Å². The highest BCUT2D eigenvalue weighted by molar-refractivity contribution is 5.57. The van der Waals surface area contributed by atoms with E-state index in [-0.39, 0.29) is 5.82 Å². The maximum absolute atomic E-state index is 13.3. The van der Waals surface area contributed by atoms with E-state index in [0.717, 1.165) is 18.7 Å². The predicted molar refractivity (Wildman–Crippen MR) is 67.9 cm³/mol. The minimum atomic E-state index is -0.114. The van der Waals surface area contributed by atoms with E-state index in [9.17, 15) is 4.39 Å². The second-order valence-corrected chi connectivity index (χ2v) is 5.32. The smallest absolute Gasteiger partial charge is 0.123 e. The van der Waals surface area contributed by atoms with Crippen molar-refractivity contribution < 1.29 is 4.39 Å². The Hall–Kier alpha value is -1.09. The molecule has 0 aromatic heterocycles. The second-order valence-electron chi connectivity index (χ2n) is 5.32. The molecule has 3 rings (SSSR count). The van der Waals surface area contributed by atoms with Crippen LogP contribution in [0.1, 0.15) is 30.7 Å². The summed E-state index contributed by atoms with van der Waals surface area (Å²) >= 11 is 0. The van der Waals surface area contributed by atoms with Gasteiger partial charge in [-0.25, -0.2) is 4.39 Å². The molecule has 17 heavy (non-hydrogen) atoms. The van der Waals surface area contributed by atoms with Gasteiger partial charge in [0, 0.05) is 24.2 Å². The van der Waals surface area contributed by atoms with E-state index in [4.69, 9.17) is 0 Å². The number of rotatable bonds is 2. The van der Waals surface area contributed by atoms with Gasteiger partial charge in [-0.1, -0.05) is 0 Å². The zero-order valence-electron chi connectivity index (χ0n) is 10.2. The van der Waals surface area contributed by atoms with Gasteiger partial charge >= 0.3 is 0 Å². The molecule has 2 nitrogen and oxygen atoms in total. The number of nitrogens with one attached hydrogen (secondary N) is 1. The van der Waals surface area contributed by atoms with Crippen LogP contribution in [0.4, 0.5) is 10.1 Å². The van der Waals surface area contributed by atoms with Gasteiger partial charge in [0.25, 0.3) is 0 Å². The van der Waals surface area contributed by atoms with Crippen molar-refractivity contribution in [1.82, 2.24) is 4.90 Å². The van der Waals surface area contributed by atoms with Crippen molar-refractivity contribution >= 4 is 5.69 Å². The van der Waals surface area contributed by atoms with Crippen molar-refractivity contribution in [2.24, 2.45) is 0 Å². The summed E-state index contributed by atoms with van der Waals surface area (Å²) in [6, 6.07) is 5.78. The van der Waals surface area contributed by atoms with E-state index in [2.05, 4.69) is 17.3 Å². The van der Waals surface area contributed by atoms with Gasteiger partial charge in [0.1, 0.15) is 5.82 Å². The predicted octanol–water partition coefficient (Wildman–Crippen LogP) is 2.82. The molecule has 1 unspecified atom stereocenters. The first-order valence-electron chi connectivity index (χ1n) is 6.47. The standard InChI is InChI=1S/C14H19FN2/c1-17-6-2-3-12(17)7-10-9-16-14-5-4-11(15)8-13(10)14/h4-5,8,10,12,16H,2-3,6-7,9H2,1H3/t10?,12-/m1/s1. The summed E-state index contributed by atoms with van der Waals surface area (Å²) in [4.78, 5) is 2.44. The molecule has 0 saturated carbocycles. The lowest BCUT2D eigenvalue weighted by Gasteiger charge is -2.22. The molecule has 1 N–H and O–H groups in total. The van der Waals surface area contributed by atoms with Crippen LogP contribution in [-0.2, 0) is 0 Å². The van der Waals surface area contributed by atoms with Crippen LogP contribution in [0.15, 0.2) is 18.2 Å². The van der Waals surface area contributed by atoms with Crippen molar-refractivity contribution in [3.05, 3.63) is 29.6 Å². The molecule has 0 aliphatic carbocycles. The first-order chi connectivity index (χ1) is 8.24.